The van der Waals surface area contributed by atoms with Crippen LogP contribution in [0.25, 0.3) is 32.8 Å². The lowest BCUT2D eigenvalue weighted by atomic mass is 9.92. The summed E-state index contributed by atoms with van der Waals surface area (Å²) in [4.78, 5) is 14.0. The summed E-state index contributed by atoms with van der Waals surface area (Å²) in [5, 5.41) is 22.7. The van der Waals surface area contributed by atoms with Gasteiger partial charge in [-0.1, -0.05) is 24.3 Å². The first-order chi connectivity index (χ1) is 20.1. The number of aromatic hydroxyl groups is 1. The molecule has 210 valence electrons. The van der Waals surface area contributed by atoms with E-state index in [9.17, 15) is 10.4 Å². The maximum atomic E-state index is 16.8. The average molecular weight is 554 g/mol. The van der Waals surface area contributed by atoms with Gasteiger partial charge in [-0.05, 0) is 79.7 Å². The summed E-state index contributed by atoms with van der Waals surface area (Å²) >= 11 is 0. The molecule has 0 unspecified atom stereocenters. The van der Waals surface area contributed by atoms with E-state index >= 15 is 4.39 Å². The van der Waals surface area contributed by atoms with Gasteiger partial charge in [-0.15, -0.1) is 0 Å². The maximum Gasteiger partial charge on any atom is 0.319 e. The van der Waals surface area contributed by atoms with Gasteiger partial charge in [0.25, 0.3) is 0 Å². The Hall–Kier alpha value is -4.00. The van der Waals surface area contributed by atoms with E-state index in [-0.39, 0.29) is 33.9 Å². The topological polar surface area (TPSA) is 94.7 Å². The lowest BCUT2D eigenvalue weighted by molar-refractivity contribution is 0.108. The van der Waals surface area contributed by atoms with Crippen LogP contribution in [0.5, 0.6) is 11.8 Å². The maximum absolute atomic E-state index is 16.8. The summed E-state index contributed by atoms with van der Waals surface area (Å²) in [5.41, 5.74) is 0.793. The highest BCUT2D eigenvalue weighted by atomic mass is 19.1. The summed E-state index contributed by atoms with van der Waals surface area (Å²) in [5.74, 6) is -0.0858. The highest BCUT2D eigenvalue weighted by molar-refractivity contribution is 6.03. The van der Waals surface area contributed by atoms with Gasteiger partial charge in [0.15, 0.2) is 5.82 Å². The molecule has 0 atom stereocenters. The minimum atomic E-state index is -0.629. The molecule has 0 bridgehead atoms. The predicted octanol–water partition coefficient (Wildman–Crippen LogP) is 5.40. The first-order valence-corrected chi connectivity index (χ1v) is 14.4. The van der Waals surface area contributed by atoms with E-state index in [0.717, 1.165) is 56.0 Å². The molecule has 41 heavy (non-hydrogen) atoms. The second-order valence-electron chi connectivity index (χ2n) is 11.3. The Kier molecular flexibility index (Phi) is 6.60. The summed E-state index contributed by atoms with van der Waals surface area (Å²) < 4.78 is 28.8. The molecule has 1 N–H and O–H groups in total. The molecule has 8 nitrogen and oxygen atoms in total. The molecule has 3 aliphatic heterocycles. The standard InChI is InChI=1S/C32H32FN5O3/c33-28-27(25-18-23(39)16-21-6-1-2-7-24(21)25)22(19-34)17-26-29(28)35-31(36-30(26)37-10-5-14-40-15-13-37)41-20-32-8-3-11-38(32)12-4-9-32/h1-2,6-7,16-18,39H,3-5,8-15,20H2. The van der Waals surface area contributed by atoms with Gasteiger partial charge >= 0.3 is 6.01 Å². The van der Waals surface area contributed by atoms with Crippen LogP contribution in [0.15, 0.2) is 42.5 Å². The van der Waals surface area contributed by atoms with Gasteiger partial charge in [0.05, 0.1) is 23.8 Å². The summed E-state index contributed by atoms with van der Waals surface area (Å²) in [7, 11) is 0. The van der Waals surface area contributed by atoms with Crippen LogP contribution in [-0.2, 0) is 4.74 Å². The van der Waals surface area contributed by atoms with Crippen LogP contribution in [0.1, 0.15) is 37.7 Å². The van der Waals surface area contributed by atoms with Crippen LogP contribution in [0, 0.1) is 17.1 Å². The Labute approximate surface area is 237 Å². The normalized spacial score (nSPS) is 18.9. The fraction of sp³-hybridized carbons (Fsp3) is 0.406. The average Bonchev–Trinajstić information content (AvgIpc) is 3.45. The molecule has 0 aliphatic carbocycles. The summed E-state index contributed by atoms with van der Waals surface area (Å²) in [6.45, 7) is 5.07. The molecule has 4 aromatic rings. The molecule has 3 aromatic carbocycles. The number of phenolic OH excluding ortho intramolecular Hbond substituents is 1. The Balaban J connectivity index is 1.41. The van der Waals surface area contributed by atoms with Crippen molar-refractivity contribution < 1.29 is 19.0 Å². The SMILES string of the molecule is N#Cc1cc2c(N3CCCOCC3)nc(OCC34CCCN3CCC4)nc2c(F)c1-c1cc(O)cc2ccccc12. The molecule has 0 amide bonds. The molecule has 3 saturated heterocycles. The zero-order valence-corrected chi connectivity index (χ0v) is 22.9. The number of nitriles is 1. The van der Waals surface area contributed by atoms with E-state index in [4.69, 9.17) is 14.5 Å². The van der Waals surface area contributed by atoms with Crippen molar-refractivity contribution in [3.8, 4) is 29.0 Å². The first kappa shape index (κ1) is 25.9. The van der Waals surface area contributed by atoms with E-state index in [0.29, 0.717) is 49.7 Å². The highest BCUT2D eigenvalue weighted by Gasteiger charge is 2.45. The number of ether oxygens (including phenoxy) is 2. The van der Waals surface area contributed by atoms with Gasteiger partial charge in [-0.25, -0.2) is 4.39 Å². The van der Waals surface area contributed by atoms with Crippen molar-refractivity contribution in [1.82, 2.24) is 14.9 Å². The Bertz CT molecular complexity index is 1670. The van der Waals surface area contributed by atoms with Crippen molar-refractivity contribution in [3.63, 3.8) is 0 Å². The number of rotatable bonds is 5. The Morgan fingerprint density at radius 1 is 1.00 bits per heavy atom. The number of phenols is 1. The molecule has 0 saturated carbocycles. The summed E-state index contributed by atoms with van der Waals surface area (Å²) in [6.07, 6.45) is 5.25. The number of aromatic nitrogens is 2. The molecular formula is C32H32FN5O3. The lowest BCUT2D eigenvalue weighted by Gasteiger charge is -2.31. The van der Waals surface area contributed by atoms with Crippen LogP contribution >= 0.6 is 0 Å². The second-order valence-corrected chi connectivity index (χ2v) is 11.3. The van der Waals surface area contributed by atoms with E-state index in [1.54, 1.807) is 12.1 Å². The summed E-state index contributed by atoms with van der Waals surface area (Å²) in [6, 6.07) is 14.6. The molecular weight excluding hydrogens is 521 g/mol. The largest absolute Gasteiger partial charge is 0.508 e. The molecule has 7 rings (SSSR count). The minimum absolute atomic E-state index is 0.00371. The van der Waals surface area contributed by atoms with E-state index in [1.165, 1.54) is 6.07 Å². The smallest absolute Gasteiger partial charge is 0.319 e. The van der Waals surface area contributed by atoms with Gasteiger partial charge in [0, 0.05) is 30.6 Å². The van der Waals surface area contributed by atoms with Crippen molar-refractivity contribution in [2.24, 2.45) is 0 Å². The van der Waals surface area contributed by atoms with Crippen LogP contribution in [0.3, 0.4) is 0 Å². The van der Waals surface area contributed by atoms with Crippen molar-refractivity contribution in [3.05, 3.63) is 53.8 Å². The third-order valence-electron chi connectivity index (χ3n) is 8.93. The number of halogens is 1. The third kappa shape index (κ3) is 4.52. The van der Waals surface area contributed by atoms with Crippen molar-refractivity contribution in [2.45, 2.75) is 37.6 Å². The van der Waals surface area contributed by atoms with Crippen molar-refractivity contribution in [1.29, 1.82) is 5.26 Å². The number of nitrogens with zero attached hydrogens (tertiary/aromatic N) is 5. The number of anilines is 1. The Morgan fingerprint density at radius 3 is 2.66 bits per heavy atom. The number of hydrogen-bond acceptors (Lipinski definition) is 8. The molecule has 0 radical (unpaired) electrons. The molecule has 4 heterocycles. The molecule has 3 aliphatic rings. The Morgan fingerprint density at radius 2 is 1.83 bits per heavy atom. The van der Waals surface area contributed by atoms with Gasteiger partial charge in [0.2, 0.25) is 0 Å². The fourth-order valence-electron chi connectivity index (χ4n) is 6.97. The molecule has 3 fully saturated rings. The number of fused-ring (bicyclic) bond motifs is 3. The monoisotopic (exact) mass is 553 g/mol. The zero-order chi connectivity index (χ0) is 28.0. The van der Waals surface area contributed by atoms with Crippen molar-refractivity contribution in [2.75, 3.05) is 50.9 Å². The predicted molar refractivity (Wildman–Crippen MR) is 155 cm³/mol. The van der Waals surface area contributed by atoms with E-state index < -0.39 is 5.82 Å². The second kappa shape index (κ2) is 10.4. The lowest BCUT2D eigenvalue weighted by Crippen LogP contribution is -2.43. The third-order valence-corrected chi connectivity index (χ3v) is 8.93. The zero-order valence-electron chi connectivity index (χ0n) is 22.9. The van der Waals surface area contributed by atoms with Gasteiger partial charge in [-0.2, -0.15) is 15.2 Å². The minimum Gasteiger partial charge on any atom is -0.508 e. The van der Waals surface area contributed by atoms with Crippen molar-refractivity contribution >= 4 is 27.5 Å². The van der Waals surface area contributed by atoms with Gasteiger partial charge in [0.1, 0.15) is 23.7 Å². The molecule has 1 aromatic heterocycles. The fourth-order valence-corrected chi connectivity index (χ4v) is 6.97. The first-order valence-electron chi connectivity index (χ1n) is 14.4. The molecule has 0 spiro atoms. The van der Waals surface area contributed by atoms with Crippen LogP contribution in [0.4, 0.5) is 10.2 Å². The number of benzene rings is 3. The van der Waals surface area contributed by atoms with Crippen LogP contribution in [0.2, 0.25) is 0 Å². The quantitative estimate of drug-likeness (QED) is 0.351. The highest BCUT2D eigenvalue weighted by Crippen LogP contribution is 2.42. The van der Waals surface area contributed by atoms with Crippen LogP contribution < -0.4 is 9.64 Å². The van der Waals surface area contributed by atoms with Gasteiger partial charge < -0.3 is 19.5 Å². The molecule has 9 heteroatoms. The van der Waals surface area contributed by atoms with E-state index in [1.807, 2.05) is 24.3 Å². The van der Waals surface area contributed by atoms with Gasteiger partial charge in [-0.3, -0.25) is 4.90 Å². The number of hydrogen-bond donors (Lipinski definition) is 1. The van der Waals surface area contributed by atoms with Crippen LogP contribution in [-0.4, -0.2) is 71.5 Å². The van der Waals surface area contributed by atoms with E-state index in [2.05, 4.69) is 20.9 Å².